The first-order valence-electron chi connectivity index (χ1n) is 3.93. The Bertz CT molecular complexity index is 294. The summed E-state index contributed by atoms with van der Waals surface area (Å²) in [6.45, 7) is 1.60. The van der Waals surface area contributed by atoms with E-state index < -0.39 is 16.3 Å². The van der Waals surface area contributed by atoms with Gasteiger partial charge in [0.25, 0.3) is 0 Å². The van der Waals surface area contributed by atoms with E-state index in [2.05, 4.69) is 0 Å². The van der Waals surface area contributed by atoms with Crippen LogP contribution < -0.4 is 0 Å². The lowest BCUT2D eigenvalue weighted by atomic mass is 10.1. The molecule has 1 aromatic carbocycles. The molecule has 0 saturated carbocycles. The molecule has 3 nitrogen and oxygen atoms in total. The minimum atomic E-state index is -2.08. The summed E-state index contributed by atoms with van der Waals surface area (Å²) < 4.78 is 21.2. The molecule has 0 aliphatic rings. The number of hydrogen-bond donors (Lipinski definition) is 1. The fourth-order valence-corrected chi connectivity index (χ4v) is 1.38. The third-order valence-corrected chi connectivity index (χ3v) is 2.77. The zero-order valence-corrected chi connectivity index (χ0v) is 8.08. The summed E-state index contributed by atoms with van der Waals surface area (Å²) >= 11 is -2.08. The Balaban J connectivity index is 2.85. The van der Waals surface area contributed by atoms with Crippen molar-refractivity contribution in [2.24, 2.45) is 0 Å². The van der Waals surface area contributed by atoms with Crippen LogP contribution in [-0.2, 0) is 17.7 Å². The highest BCUT2D eigenvalue weighted by molar-refractivity contribution is 7.79. The molecule has 13 heavy (non-hydrogen) atoms. The molecule has 0 amide bonds. The van der Waals surface area contributed by atoms with E-state index in [-0.39, 0.29) is 6.61 Å². The maximum atomic E-state index is 10.6. The molecule has 72 valence electrons. The normalized spacial score (nSPS) is 15.3. The van der Waals surface area contributed by atoms with E-state index in [9.17, 15) is 8.76 Å². The van der Waals surface area contributed by atoms with E-state index in [1.807, 2.05) is 0 Å². The van der Waals surface area contributed by atoms with Crippen LogP contribution in [-0.4, -0.2) is 13.9 Å². The maximum absolute atomic E-state index is 10.6. The first-order chi connectivity index (χ1) is 6.15. The van der Waals surface area contributed by atoms with E-state index in [1.165, 1.54) is 0 Å². The van der Waals surface area contributed by atoms with Crippen LogP contribution >= 0.6 is 0 Å². The van der Waals surface area contributed by atoms with Gasteiger partial charge in [-0.15, -0.1) is 0 Å². The van der Waals surface area contributed by atoms with Crippen LogP contribution in [0.4, 0.5) is 0 Å². The molecule has 0 radical (unpaired) electrons. The van der Waals surface area contributed by atoms with Crippen molar-refractivity contribution in [3.63, 3.8) is 0 Å². The van der Waals surface area contributed by atoms with Crippen molar-refractivity contribution in [2.45, 2.75) is 18.8 Å². The minimum Gasteiger partial charge on any atom is -0.772 e. The summed E-state index contributed by atoms with van der Waals surface area (Å²) in [6, 6.07) is 6.87. The van der Waals surface area contributed by atoms with E-state index in [1.54, 1.807) is 31.2 Å². The highest BCUT2D eigenvalue weighted by Crippen LogP contribution is 2.18. The fraction of sp³-hybridized carbons (Fsp3) is 0.333. The lowest BCUT2D eigenvalue weighted by Gasteiger charge is -2.14. The maximum Gasteiger partial charge on any atom is 0.0681 e. The molecular formula is C9H11O3S-. The molecule has 0 bridgehead atoms. The number of aliphatic hydroxyl groups excluding tert-OH is 1. The van der Waals surface area contributed by atoms with Crippen molar-refractivity contribution in [2.75, 3.05) is 0 Å². The Labute approximate surface area is 79.7 Å². The molecular weight excluding hydrogens is 188 g/mol. The molecule has 0 aliphatic heterocycles. The largest absolute Gasteiger partial charge is 0.772 e. The van der Waals surface area contributed by atoms with Crippen LogP contribution in [0.3, 0.4) is 0 Å². The van der Waals surface area contributed by atoms with Gasteiger partial charge in [-0.05, 0) is 29.1 Å². The van der Waals surface area contributed by atoms with E-state index in [0.29, 0.717) is 0 Å². The zero-order chi connectivity index (χ0) is 9.84. The molecule has 0 aromatic heterocycles. The molecule has 0 aliphatic carbocycles. The van der Waals surface area contributed by atoms with Gasteiger partial charge >= 0.3 is 0 Å². The molecule has 0 heterocycles. The summed E-state index contributed by atoms with van der Waals surface area (Å²) in [5, 5.41) is 8.26. The van der Waals surface area contributed by atoms with Gasteiger partial charge in [-0.25, -0.2) is 0 Å². The molecule has 1 aromatic rings. The lowest BCUT2D eigenvalue weighted by Crippen LogP contribution is -2.01. The third-order valence-electron chi connectivity index (χ3n) is 1.92. The first kappa shape index (κ1) is 10.4. The second-order valence-electron chi connectivity index (χ2n) is 2.80. The second-order valence-corrected chi connectivity index (χ2v) is 4.03. The Hall–Kier alpha value is -0.710. The first-order valence-corrected chi connectivity index (χ1v) is 5.06. The van der Waals surface area contributed by atoms with Gasteiger partial charge in [-0.2, -0.15) is 0 Å². The predicted octanol–water partition coefficient (Wildman–Crippen LogP) is 1.12. The standard InChI is InChI=1S/C9H12O3S/c1-7(13(11)12)9-4-2-8(6-10)3-5-9/h2-5,7,10H,6H2,1H3,(H,11,12)/p-1. The van der Waals surface area contributed by atoms with Gasteiger partial charge in [0, 0.05) is 5.25 Å². The zero-order valence-electron chi connectivity index (χ0n) is 7.27. The quantitative estimate of drug-likeness (QED) is 0.742. The second kappa shape index (κ2) is 4.50. The van der Waals surface area contributed by atoms with Crippen molar-refractivity contribution in [3.05, 3.63) is 35.4 Å². The highest BCUT2D eigenvalue weighted by atomic mass is 32.2. The molecule has 1 N–H and O–H groups in total. The topological polar surface area (TPSA) is 60.4 Å². The van der Waals surface area contributed by atoms with Gasteiger partial charge in [-0.3, -0.25) is 4.21 Å². The Morgan fingerprint density at radius 2 is 2.00 bits per heavy atom. The number of aliphatic hydroxyl groups is 1. The smallest absolute Gasteiger partial charge is 0.0681 e. The number of benzene rings is 1. The lowest BCUT2D eigenvalue weighted by molar-refractivity contribution is 0.282. The number of rotatable bonds is 3. The van der Waals surface area contributed by atoms with Crippen LogP contribution in [0.5, 0.6) is 0 Å². The van der Waals surface area contributed by atoms with Crippen LogP contribution in [0.15, 0.2) is 24.3 Å². The van der Waals surface area contributed by atoms with Gasteiger partial charge in [0.2, 0.25) is 0 Å². The Kier molecular flexibility index (Phi) is 3.59. The van der Waals surface area contributed by atoms with Gasteiger partial charge in [0.05, 0.1) is 6.61 Å². The van der Waals surface area contributed by atoms with Gasteiger partial charge < -0.3 is 9.66 Å². The monoisotopic (exact) mass is 199 g/mol. The Morgan fingerprint density at radius 1 is 1.46 bits per heavy atom. The summed E-state index contributed by atoms with van der Waals surface area (Å²) in [4.78, 5) is 0. The Morgan fingerprint density at radius 3 is 2.38 bits per heavy atom. The van der Waals surface area contributed by atoms with Crippen molar-refractivity contribution in [1.29, 1.82) is 0 Å². The molecule has 2 atom stereocenters. The van der Waals surface area contributed by atoms with Crippen molar-refractivity contribution < 1.29 is 13.9 Å². The van der Waals surface area contributed by atoms with E-state index >= 15 is 0 Å². The fourth-order valence-electron chi connectivity index (χ4n) is 1.01. The molecule has 0 saturated heterocycles. The molecule has 0 fully saturated rings. The SMILES string of the molecule is CC(c1ccc(CO)cc1)S(=O)[O-]. The van der Waals surface area contributed by atoms with Crippen LogP contribution in [0.25, 0.3) is 0 Å². The highest BCUT2D eigenvalue weighted by Gasteiger charge is 2.04. The van der Waals surface area contributed by atoms with Crippen LogP contribution in [0.1, 0.15) is 23.3 Å². The summed E-state index contributed by atoms with van der Waals surface area (Å²) in [6.07, 6.45) is 0. The van der Waals surface area contributed by atoms with Crippen molar-refractivity contribution in [3.8, 4) is 0 Å². The third kappa shape index (κ3) is 2.62. The molecule has 1 rings (SSSR count). The van der Waals surface area contributed by atoms with Crippen molar-refractivity contribution in [1.82, 2.24) is 0 Å². The van der Waals surface area contributed by atoms with Gasteiger partial charge in [0.1, 0.15) is 0 Å². The van der Waals surface area contributed by atoms with Crippen LogP contribution in [0, 0.1) is 0 Å². The minimum absolute atomic E-state index is 0.0187. The molecule has 4 heteroatoms. The summed E-state index contributed by atoms with van der Waals surface area (Å²) in [7, 11) is 0. The molecule has 0 spiro atoms. The van der Waals surface area contributed by atoms with E-state index in [4.69, 9.17) is 5.11 Å². The average molecular weight is 199 g/mol. The van der Waals surface area contributed by atoms with Crippen molar-refractivity contribution >= 4 is 11.1 Å². The van der Waals surface area contributed by atoms with Crippen LogP contribution in [0.2, 0.25) is 0 Å². The number of hydrogen-bond acceptors (Lipinski definition) is 3. The average Bonchev–Trinajstić information content (AvgIpc) is 2.17. The predicted molar refractivity (Wildman–Crippen MR) is 49.7 cm³/mol. The summed E-state index contributed by atoms with van der Waals surface area (Å²) in [5.74, 6) is 0. The van der Waals surface area contributed by atoms with Gasteiger partial charge in [-0.1, -0.05) is 24.3 Å². The molecule has 2 unspecified atom stereocenters. The van der Waals surface area contributed by atoms with Gasteiger partial charge in [0.15, 0.2) is 0 Å². The van der Waals surface area contributed by atoms with E-state index in [0.717, 1.165) is 11.1 Å². The summed E-state index contributed by atoms with van der Waals surface area (Å²) in [5.41, 5.74) is 1.53.